The third-order valence-electron chi connectivity index (χ3n) is 3.87. The fourth-order valence-electron chi connectivity index (χ4n) is 3.00. The molecule has 0 spiro atoms. The molecule has 0 amide bonds. The SMILES string of the molecule is CCCC(n1c2ccccc2c2ccccc21)C(F)(F)F. The van der Waals surface area contributed by atoms with Crippen molar-refractivity contribution < 1.29 is 13.2 Å². The van der Waals surface area contributed by atoms with Gasteiger partial charge in [0.15, 0.2) is 0 Å². The molecule has 1 atom stereocenters. The summed E-state index contributed by atoms with van der Waals surface area (Å²) in [6.07, 6.45) is -3.67. The lowest BCUT2D eigenvalue weighted by Crippen LogP contribution is -2.26. The number of para-hydroxylation sites is 2. The first-order chi connectivity index (χ1) is 10.0. The number of hydrogen-bond donors (Lipinski definition) is 0. The Kier molecular flexibility index (Phi) is 3.40. The molecular formula is C17H16F3N. The highest BCUT2D eigenvalue weighted by Gasteiger charge is 2.41. The molecule has 0 fully saturated rings. The maximum atomic E-state index is 13.5. The van der Waals surface area contributed by atoms with E-state index < -0.39 is 12.2 Å². The average molecular weight is 291 g/mol. The number of halogens is 3. The normalized spacial score (nSPS) is 13.9. The monoisotopic (exact) mass is 291 g/mol. The summed E-state index contributed by atoms with van der Waals surface area (Å²) in [5.74, 6) is 0. The van der Waals surface area contributed by atoms with Gasteiger partial charge in [0.25, 0.3) is 0 Å². The standard InChI is InChI=1S/C17H16F3N/c1-2-7-16(17(18,19)20)21-14-10-5-3-8-12(14)13-9-4-6-11-15(13)21/h3-6,8-11,16H,2,7H2,1H3. The zero-order valence-corrected chi connectivity index (χ0v) is 11.7. The predicted octanol–water partition coefficient (Wildman–Crippen LogP) is 5.70. The van der Waals surface area contributed by atoms with Crippen LogP contribution in [0.5, 0.6) is 0 Å². The van der Waals surface area contributed by atoms with Gasteiger partial charge in [-0.05, 0) is 18.6 Å². The maximum absolute atomic E-state index is 13.5. The van der Waals surface area contributed by atoms with Gasteiger partial charge in [-0.3, -0.25) is 0 Å². The molecule has 0 radical (unpaired) electrons. The van der Waals surface area contributed by atoms with Gasteiger partial charge in [-0.2, -0.15) is 13.2 Å². The first-order valence-electron chi connectivity index (χ1n) is 7.08. The number of aromatic nitrogens is 1. The van der Waals surface area contributed by atoms with Crippen molar-refractivity contribution in [1.29, 1.82) is 0 Å². The van der Waals surface area contributed by atoms with Crippen molar-refractivity contribution in [1.82, 2.24) is 4.57 Å². The molecule has 1 nitrogen and oxygen atoms in total. The van der Waals surface area contributed by atoms with Crippen LogP contribution in [0.1, 0.15) is 25.8 Å². The van der Waals surface area contributed by atoms with E-state index in [1.165, 1.54) is 4.57 Å². The Hall–Kier alpha value is -1.97. The van der Waals surface area contributed by atoms with Crippen LogP contribution in [0.25, 0.3) is 21.8 Å². The van der Waals surface area contributed by atoms with Crippen LogP contribution in [-0.2, 0) is 0 Å². The van der Waals surface area contributed by atoms with E-state index in [4.69, 9.17) is 0 Å². The van der Waals surface area contributed by atoms with Gasteiger partial charge in [-0.1, -0.05) is 49.7 Å². The van der Waals surface area contributed by atoms with Crippen molar-refractivity contribution in [3.8, 4) is 0 Å². The van der Waals surface area contributed by atoms with E-state index >= 15 is 0 Å². The highest BCUT2D eigenvalue weighted by atomic mass is 19.4. The van der Waals surface area contributed by atoms with Crippen LogP contribution in [0.2, 0.25) is 0 Å². The van der Waals surface area contributed by atoms with E-state index in [-0.39, 0.29) is 6.42 Å². The minimum Gasteiger partial charge on any atom is -0.328 e. The quantitative estimate of drug-likeness (QED) is 0.583. The molecule has 2 aromatic carbocycles. The van der Waals surface area contributed by atoms with Crippen LogP contribution in [0.3, 0.4) is 0 Å². The number of rotatable bonds is 3. The molecule has 0 saturated heterocycles. The summed E-state index contributed by atoms with van der Waals surface area (Å²) < 4.78 is 42.0. The van der Waals surface area contributed by atoms with Gasteiger partial charge >= 0.3 is 6.18 Å². The predicted molar refractivity (Wildman–Crippen MR) is 79.4 cm³/mol. The zero-order valence-electron chi connectivity index (χ0n) is 11.7. The molecule has 0 saturated carbocycles. The lowest BCUT2D eigenvalue weighted by Gasteiger charge is -2.23. The van der Waals surface area contributed by atoms with Gasteiger partial charge < -0.3 is 4.57 Å². The van der Waals surface area contributed by atoms with Gasteiger partial charge in [-0.25, -0.2) is 0 Å². The van der Waals surface area contributed by atoms with E-state index in [0.29, 0.717) is 17.5 Å². The van der Waals surface area contributed by atoms with Crippen molar-refractivity contribution in [3.63, 3.8) is 0 Å². The Morgan fingerprint density at radius 1 is 0.905 bits per heavy atom. The summed E-state index contributed by atoms with van der Waals surface area (Å²) >= 11 is 0. The largest absolute Gasteiger partial charge is 0.409 e. The molecule has 0 N–H and O–H groups in total. The molecule has 4 heteroatoms. The topological polar surface area (TPSA) is 4.93 Å². The molecule has 3 rings (SSSR count). The summed E-state index contributed by atoms with van der Waals surface area (Å²) in [7, 11) is 0. The molecule has 1 aromatic heterocycles. The van der Waals surface area contributed by atoms with E-state index in [2.05, 4.69) is 0 Å². The lowest BCUT2D eigenvalue weighted by molar-refractivity contribution is -0.167. The van der Waals surface area contributed by atoms with Crippen LogP contribution >= 0.6 is 0 Å². The molecule has 0 bridgehead atoms. The van der Waals surface area contributed by atoms with Gasteiger partial charge in [0.05, 0.1) is 0 Å². The summed E-state index contributed by atoms with van der Waals surface area (Å²) in [5, 5.41) is 1.75. The third kappa shape index (κ3) is 2.28. The average Bonchev–Trinajstić information content (AvgIpc) is 2.78. The highest BCUT2D eigenvalue weighted by Crippen LogP contribution is 2.40. The Bertz CT molecular complexity index is 717. The molecule has 0 aliphatic carbocycles. The highest BCUT2D eigenvalue weighted by molar-refractivity contribution is 6.08. The molecule has 110 valence electrons. The van der Waals surface area contributed by atoms with Crippen molar-refractivity contribution >= 4 is 21.8 Å². The number of alkyl halides is 3. The second kappa shape index (κ2) is 5.10. The van der Waals surface area contributed by atoms with Crippen LogP contribution in [0, 0.1) is 0 Å². The Labute approximate surface area is 121 Å². The van der Waals surface area contributed by atoms with E-state index in [0.717, 1.165) is 10.8 Å². The molecule has 3 aromatic rings. The molecular weight excluding hydrogens is 275 g/mol. The first kappa shape index (κ1) is 14.0. The van der Waals surface area contributed by atoms with Gasteiger partial charge in [0.1, 0.15) is 6.04 Å². The minimum absolute atomic E-state index is 0.0895. The number of benzene rings is 2. The van der Waals surface area contributed by atoms with Crippen molar-refractivity contribution in [2.24, 2.45) is 0 Å². The Balaban J connectivity index is 2.37. The second-order valence-corrected chi connectivity index (χ2v) is 5.25. The summed E-state index contributed by atoms with van der Waals surface area (Å²) in [6, 6.07) is 13.1. The van der Waals surface area contributed by atoms with Gasteiger partial charge in [-0.15, -0.1) is 0 Å². The zero-order chi connectivity index (χ0) is 15.0. The molecule has 1 unspecified atom stereocenters. The first-order valence-corrected chi connectivity index (χ1v) is 7.08. The van der Waals surface area contributed by atoms with Crippen molar-refractivity contribution in [3.05, 3.63) is 48.5 Å². The summed E-state index contributed by atoms with van der Waals surface area (Å²) in [5.41, 5.74) is 1.30. The maximum Gasteiger partial charge on any atom is 0.409 e. The molecule has 0 aliphatic rings. The van der Waals surface area contributed by atoms with E-state index in [1.54, 1.807) is 31.2 Å². The number of hydrogen-bond acceptors (Lipinski definition) is 0. The third-order valence-corrected chi connectivity index (χ3v) is 3.87. The summed E-state index contributed by atoms with van der Waals surface area (Å²) in [4.78, 5) is 0. The van der Waals surface area contributed by atoms with E-state index in [9.17, 15) is 13.2 Å². The van der Waals surface area contributed by atoms with Crippen LogP contribution in [-0.4, -0.2) is 10.7 Å². The lowest BCUT2D eigenvalue weighted by atomic mass is 10.1. The Morgan fingerprint density at radius 2 is 1.38 bits per heavy atom. The van der Waals surface area contributed by atoms with Crippen LogP contribution in [0.15, 0.2) is 48.5 Å². The number of fused-ring (bicyclic) bond motifs is 3. The van der Waals surface area contributed by atoms with E-state index in [1.807, 2.05) is 24.3 Å². The van der Waals surface area contributed by atoms with Gasteiger partial charge in [0, 0.05) is 21.8 Å². The van der Waals surface area contributed by atoms with Crippen LogP contribution in [0.4, 0.5) is 13.2 Å². The Morgan fingerprint density at radius 3 is 1.81 bits per heavy atom. The fourth-order valence-corrected chi connectivity index (χ4v) is 3.00. The minimum atomic E-state index is -4.25. The molecule has 1 heterocycles. The van der Waals surface area contributed by atoms with Crippen molar-refractivity contribution in [2.75, 3.05) is 0 Å². The molecule has 0 aliphatic heterocycles. The van der Waals surface area contributed by atoms with Gasteiger partial charge in [0.2, 0.25) is 0 Å². The fraction of sp³-hybridized carbons (Fsp3) is 0.294. The summed E-state index contributed by atoms with van der Waals surface area (Å²) in [6.45, 7) is 1.78. The smallest absolute Gasteiger partial charge is 0.328 e. The molecule has 21 heavy (non-hydrogen) atoms. The van der Waals surface area contributed by atoms with Crippen molar-refractivity contribution in [2.45, 2.75) is 32.0 Å². The number of nitrogens with zero attached hydrogens (tertiary/aromatic N) is 1. The van der Waals surface area contributed by atoms with Crippen LogP contribution < -0.4 is 0 Å². The second-order valence-electron chi connectivity index (χ2n) is 5.25.